The molecule has 1 spiro atoms. The number of benzene rings is 2. The maximum absolute atomic E-state index is 13.8. The highest BCUT2D eigenvalue weighted by Crippen LogP contribution is 2.66. The molecule has 2 bridgehead atoms. The number of carbonyl (C=O) groups excluding carboxylic acids is 3. The number of aryl methyl sites for hydroxylation is 2. The largest absolute Gasteiger partial charge is 0.396 e. The third kappa shape index (κ3) is 3.93. The van der Waals surface area contributed by atoms with Crippen LogP contribution in [0, 0.1) is 25.7 Å². The first-order valence-electron chi connectivity index (χ1n) is 12.2. The Morgan fingerprint density at radius 2 is 1.77 bits per heavy atom. The fourth-order valence-electron chi connectivity index (χ4n) is 6.19. The second-order valence-electron chi connectivity index (χ2n) is 9.78. The summed E-state index contributed by atoms with van der Waals surface area (Å²) in [5, 5.41) is 15.6. The van der Waals surface area contributed by atoms with Gasteiger partial charge in [0.2, 0.25) is 17.7 Å². The normalized spacial score (nSPS) is 28.8. The molecule has 35 heavy (non-hydrogen) atoms. The molecule has 184 valence electrons. The summed E-state index contributed by atoms with van der Waals surface area (Å²) in [7, 11) is 0. The van der Waals surface area contributed by atoms with Crippen LogP contribution in [0.15, 0.2) is 48.5 Å². The third-order valence-electron chi connectivity index (χ3n) is 7.68. The van der Waals surface area contributed by atoms with E-state index >= 15 is 0 Å². The van der Waals surface area contributed by atoms with E-state index < -0.39 is 22.6 Å². The number of aliphatic hydroxyl groups is 1. The van der Waals surface area contributed by atoms with E-state index in [4.69, 9.17) is 0 Å². The standard InChI is InChI=1S/C27H31N3O4S/c1-16-8-6-9-17(2)22(16)29-25(33)23-27-13-12-19(35-27)20(21(27)26(34)30(23)14-7-15-31)24(32)28-18-10-4-3-5-11-18/h3-6,8-11,19-21,23,31H,7,12-15H2,1-2H3,(H,28,32)(H,29,33)/t19-,20+,21-,23?,27?/m0/s1. The Kier molecular flexibility index (Phi) is 6.36. The molecule has 3 aliphatic heterocycles. The van der Waals surface area contributed by atoms with Crippen LogP contribution < -0.4 is 10.6 Å². The van der Waals surface area contributed by atoms with Gasteiger partial charge in [0, 0.05) is 29.8 Å². The Labute approximate surface area is 209 Å². The number of thioether (sulfide) groups is 1. The number of aliphatic hydroxyl groups excluding tert-OH is 1. The average molecular weight is 494 g/mol. The lowest BCUT2D eigenvalue weighted by molar-refractivity contribution is -0.138. The number of fused-ring (bicyclic) bond motifs is 1. The van der Waals surface area contributed by atoms with Crippen molar-refractivity contribution in [1.82, 2.24) is 4.90 Å². The molecule has 3 N–H and O–H groups in total. The molecule has 3 aliphatic rings. The molecule has 5 rings (SSSR count). The molecule has 3 heterocycles. The fraction of sp³-hybridized carbons (Fsp3) is 0.444. The molecule has 0 aliphatic carbocycles. The van der Waals surface area contributed by atoms with Crippen molar-refractivity contribution in [3.63, 3.8) is 0 Å². The van der Waals surface area contributed by atoms with Gasteiger partial charge in [-0.05, 0) is 56.4 Å². The lowest BCUT2D eigenvalue weighted by Gasteiger charge is -2.34. The number of carbonyl (C=O) groups is 3. The minimum absolute atomic E-state index is 0.00292. The summed E-state index contributed by atoms with van der Waals surface area (Å²) < 4.78 is -0.642. The zero-order valence-electron chi connectivity index (χ0n) is 20.0. The summed E-state index contributed by atoms with van der Waals surface area (Å²) in [5.74, 6) is -1.57. The smallest absolute Gasteiger partial charge is 0.248 e. The zero-order chi connectivity index (χ0) is 24.7. The van der Waals surface area contributed by atoms with Gasteiger partial charge in [0.1, 0.15) is 6.04 Å². The van der Waals surface area contributed by atoms with Crippen molar-refractivity contribution in [3.8, 4) is 0 Å². The summed E-state index contributed by atoms with van der Waals surface area (Å²) >= 11 is 1.65. The van der Waals surface area contributed by atoms with Crippen LogP contribution in [0.3, 0.4) is 0 Å². The van der Waals surface area contributed by atoms with E-state index in [1.165, 1.54) is 0 Å². The first-order valence-corrected chi connectivity index (χ1v) is 13.1. The molecule has 2 aromatic rings. The molecule has 0 saturated carbocycles. The van der Waals surface area contributed by atoms with Crippen molar-refractivity contribution in [3.05, 3.63) is 59.7 Å². The zero-order valence-corrected chi connectivity index (χ0v) is 20.8. The highest BCUT2D eigenvalue weighted by Gasteiger charge is 2.73. The Morgan fingerprint density at radius 3 is 2.46 bits per heavy atom. The first-order chi connectivity index (χ1) is 16.9. The number of nitrogens with zero attached hydrogens (tertiary/aromatic N) is 1. The predicted molar refractivity (Wildman–Crippen MR) is 137 cm³/mol. The van der Waals surface area contributed by atoms with E-state index in [-0.39, 0.29) is 36.1 Å². The topological polar surface area (TPSA) is 98.7 Å². The predicted octanol–water partition coefficient (Wildman–Crippen LogP) is 3.35. The van der Waals surface area contributed by atoms with Crippen molar-refractivity contribution in [1.29, 1.82) is 0 Å². The lowest BCUT2D eigenvalue weighted by Crippen LogP contribution is -2.51. The van der Waals surface area contributed by atoms with Crippen LogP contribution in [0.2, 0.25) is 0 Å². The van der Waals surface area contributed by atoms with Crippen molar-refractivity contribution >= 4 is 40.9 Å². The Balaban J connectivity index is 1.47. The number of likely N-dealkylation sites (tertiary alicyclic amines) is 1. The van der Waals surface area contributed by atoms with Crippen molar-refractivity contribution in [2.24, 2.45) is 11.8 Å². The minimum Gasteiger partial charge on any atom is -0.396 e. The first kappa shape index (κ1) is 23.9. The molecular weight excluding hydrogens is 462 g/mol. The maximum Gasteiger partial charge on any atom is 0.248 e. The molecule has 3 saturated heterocycles. The van der Waals surface area contributed by atoms with Gasteiger partial charge in [-0.1, -0.05) is 36.4 Å². The SMILES string of the molecule is Cc1cccc(C)c1NC(=O)C1N(CCCO)C(=O)[C@@H]2[C@H](C(=O)Nc3ccccc3)[C@@H]3CCC12S3. The monoisotopic (exact) mass is 493 g/mol. The third-order valence-corrected chi connectivity index (χ3v) is 9.63. The number of para-hydroxylation sites is 2. The molecule has 0 radical (unpaired) electrons. The fourth-order valence-corrected chi connectivity index (χ4v) is 8.41. The quantitative estimate of drug-likeness (QED) is 0.550. The van der Waals surface area contributed by atoms with E-state index in [0.29, 0.717) is 18.5 Å². The van der Waals surface area contributed by atoms with Gasteiger partial charge in [-0.15, -0.1) is 11.8 Å². The Bertz CT molecular complexity index is 1140. The van der Waals surface area contributed by atoms with Crippen LogP contribution in [0.4, 0.5) is 11.4 Å². The van der Waals surface area contributed by atoms with E-state index in [0.717, 1.165) is 23.2 Å². The van der Waals surface area contributed by atoms with Gasteiger partial charge in [-0.2, -0.15) is 0 Å². The second-order valence-corrected chi connectivity index (χ2v) is 11.4. The summed E-state index contributed by atoms with van der Waals surface area (Å²) in [6, 6.07) is 14.4. The van der Waals surface area contributed by atoms with Crippen LogP contribution in [-0.2, 0) is 14.4 Å². The van der Waals surface area contributed by atoms with Gasteiger partial charge in [0.25, 0.3) is 0 Å². The number of hydrogen-bond donors (Lipinski definition) is 3. The number of rotatable bonds is 7. The van der Waals surface area contributed by atoms with E-state index in [9.17, 15) is 19.5 Å². The minimum atomic E-state index is -0.685. The number of anilines is 2. The summed E-state index contributed by atoms with van der Waals surface area (Å²) in [6.07, 6.45) is 1.90. The highest BCUT2D eigenvalue weighted by molar-refractivity contribution is 8.02. The van der Waals surface area contributed by atoms with Crippen molar-refractivity contribution in [2.75, 3.05) is 23.8 Å². The molecule has 5 atom stereocenters. The summed E-state index contributed by atoms with van der Waals surface area (Å²) in [6.45, 7) is 4.12. The van der Waals surface area contributed by atoms with Crippen LogP contribution >= 0.6 is 11.8 Å². The van der Waals surface area contributed by atoms with E-state index in [1.807, 2.05) is 62.4 Å². The molecule has 8 heteroatoms. The van der Waals surface area contributed by atoms with Gasteiger partial charge >= 0.3 is 0 Å². The van der Waals surface area contributed by atoms with E-state index in [2.05, 4.69) is 10.6 Å². The van der Waals surface area contributed by atoms with E-state index in [1.54, 1.807) is 16.7 Å². The van der Waals surface area contributed by atoms with Gasteiger partial charge in [0.05, 0.1) is 16.6 Å². The molecular formula is C27H31N3O4S. The molecule has 0 aromatic heterocycles. The molecule has 7 nitrogen and oxygen atoms in total. The maximum atomic E-state index is 13.8. The number of hydrogen-bond acceptors (Lipinski definition) is 5. The second kappa shape index (κ2) is 9.32. The van der Waals surface area contributed by atoms with Crippen molar-refractivity contribution < 1.29 is 19.5 Å². The Hall–Kier alpha value is -2.84. The summed E-state index contributed by atoms with van der Waals surface area (Å²) in [5.41, 5.74) is 3.39. The van der Waals surface area contributed by atoms with Crippen LogP contribution in [0.1, 0.15) is 30.4 Å². The molecule has 3 fully saturated rings. The molecule has 2 unspecified atom stereocenters. The number of nitrogens with one attached hydrogen (secondary N) is 2. The van der Waals surface area contributed by atoms with Crippen LogP contribution in [0.5, 0.6) is 0 Å². The highest BCUT2D eigenvalue weighted by atomic mass is 32.2. The van der Waals surface area contributed by atoms with Gasteiger partial charge < -0.3 is 20.6 Å². The Morgan fingerprint density at radius 1 is 1.06 bits per heavy atom. The van der Waals surface area contributed by atoms with Gasteiger partial charge in [0.15, 0.2) is 0 Å². The van der Waals surface area contributed by atoms with Crippen LogP contribution in [0.25, 0.3) is 0 Å². The van der Waals surface area contributed by atoms with Crippen molar-refractivity contribution in [2.45, 2.75) is 49.1 Å². The molecule has 3 amide bonds. The lowest BCUT2D eigenvalue weighted by atomic mass is 9.70. The summed E-state index contributed by atoms with van der Waals surface area (Å²) in [4.78, 5) is 42.7. The van der Waals surface area contributed by atoms with Gasteiger partial charge in [-0.25, -0.2) is 0 Å². The average Bonchev–Trinajstić information content (AvgIpc) is 3.48. The van der Waals surface area contributed by atoms with Gasteiger partial charge in [-0.3, -0.25) is 14.4 Å². The number of amides is 3. The van der Waals surface area contributed by atoms with Crippen LogP contribution in [-0.4, -0.2) is 56.9 Å². The molecule has 2 aromatic carbocycles.